The Morgan fingerprint density at radius 2 is 2.37 bits per heavy atom. The Morgan fingerprint density at radius 3 is 3.16 bits per heavy atom. The van der Waals surface area contributed by atoms with E-state index in [9.17, 15) is 4.79 Å². The van der Waals surface area contributed by atoms with Crippen LogP contribution < -0.4 is 5.32 Å². The van der Waals surface area contributed by atoms with Gasteiger partial charge in [-0.2, -0.15) is 0 Å². The van der Waals surface area contributed by atoms with E-state index < -0.39 is 0 Å². The molecule has 0 unspecified atom stereocenters. The van der Waals surface area contributed by atoms with Gasteiger partial charge < -0.3 is 4.98 Å². The van der Waals surface area contributed by atoms with E-state index in [-0.39, 0.29) is 5.91 Å². The van der Waals surface area contributed by atoms with Crippen LogP contribution in [0.4, 0.5) is 5.13 Å². The van der Waals surface area contributed by atoms with E-state index in [4.69, 9.17) is 0 Å². The summed E-state index contributed by atoms with van der Waals surface area (Å²) in [6.07, 6.45) is 4.14. The molecular weight excluding hydrogens is 262 g/mol. The van der Waals surface area contributed by atoms with Crippen molar-refractivity contribution in [2.45, 2.75) is 13.3 Å². The highest BCUT2D eigenvalue weighted by Crippen LogP contribution is 2.19. The summed E-state index contributed by atoms with van der Waals surface area (Å²) >= 11 is 1.38. The Morgan fingerprint density at radius 1 is 1.47 bits per heavy atom. The number of amides is 1. The lowest BCUT2D eigenvalue weighted by Crippen LogP contribution is -2.11. The monoisotopic (exact) mass is 273 g/mol. The molecule has 3 aromatic heterocycles. The predicted octanol–water partition coefficient (Wildman–Crippen LogP) is 2.23. The summed E-state index contributed by atoms with van der Waals surface area (Å²) in [5, 5.41) is 12.8. The number of carbonyl (C=O) groups is 1. The zero-order chi connectivity index (χ0) is 13.2. The van der Waals surface area contributed by atoms with Crippen LogP contribution in [0, 0.1) is 0 Å². The van der Waals surface area contributed by atoms with Crippen LogP contribution in [0.25, 0.3) is 11.0 Å². The molecule has 0 atom stereocenters. The summed E-state index contributed by atoms with van der Waals surface area (Å²) in [4.78, 5) is 19.3. The van der Waals surface area contributed by atoms with Crippen molar-refractivity contribution < 1.29 is 4.79 Å². The number of aromatic amines is 1. The first-order valence-corrected chi connectivity index (χ1v) is 6.65. The highest BCUT2D eigenvalue weighted by Gasteiger charge is 2.14. The van der Waals surface area contributed by atoms with Crippen LogP contribution in [-0.4, -0.2) is 26.1 Å². The minimum Gasteiger partial charge on any atom is -0.345 e. The van der Waals surface area contributed by atoms with Crippen LogP contribution in [0.2, 0.25) is 0 Å². The van der Waals surface area contributed by atoms with E-state index in [1.165, 1.54) is 11.3 Å². The number of nitrogens with zero attached hydrogens (tertiary/aromatic N) is 3. The number of hydrogen-bond donors (Lipinski definition) is 2. The van der Waals surface area contributed by atoms with E-state index in [2.05, 4.69) is 25.5 Å². The molecule has 0 aromatic carbocycles. The number of pyridine rings is 1. The standard InChI is InChI=1S/C12H11N5OS/c1-2-9-16-17-12(19-9)15-11(18)8-6-14-10-7(8)4-3-5-13-10/h3-6H,2H2,1H3,(H,13,14)(H,15,17,18). The maximum Gasteiger partial charge on any atom is 0.259 e. The average Bonchev–Trinajstić information content (AvgIpc) is 3.04. The van der Waals surface area contributed by atoms with Crippen molar-refractivity contribution in [3.63, 3.8) is 0 Å². The molecule has 0 aliphatic carbocycles. The lowest BCUT2D eigenvalue weighted by molar-refractivity contribution is 0.102. The van der Waals surface area contributed by atoms with Crippen LogP contribution >= 0.6 is 11.3 Å². The predicted molar refractivity (Wildman–Crippen MR) is 73.3 cm³/mol. The van der Waals surface area contributed by atoms with Gasteiger partial charge >= 0.3 is 0 Å². The molecular formula is C12H11N5OS. The Labute approximate surface area is 112 Å². The molecule has 0 saturated heterocycles. The number of H-pyrrole nitrogens is 1. The molecule has 1 amide bonds. The van der Waals surface area contributed by atoms with E-state index in [0.717, 1.165) is 16.8 Å². The fraction of sp³-hybridized carbons (Fsp3) is 0.167. The van der Waals surface area contributed by atoms with Gasteiger partial charge in [-0.05, 0) is 18.6 Å². The fourth-order valence-electron chi connectivity index (χ4n) is 1.76. The third kappa shape index (κ3) is 2.19. The van der Waals surface area contributed by atoms with Gasteiger partial charge in [0.25, 0.3) is 5.91 Å². The normalized spacial score (nSPS) is 10.8. The Balaban J connectivity index is 1.87. The number of nitrogens with one attached hydrogen (secondary N) is 2. The first kappa shape index (κ1) is 11.8. The second kappa shape index (κ2) is 4.77. The lowest BCUT2D eigenvalue weighted by atomic mass is 10.2. The summed E-state index contributed by atoms with van der Waals surface area (Å²) in [7, 11) is 0. The molecule has 6 nitrogen and oxygen atoms in total. The summed E-state index contributed by atoms with van der Waals surface area (Å²) in [6, 6.07) is 3.65. The van der Waals surface area contributed by atoms with Crippen molar-refractivity contribution in [2.75, 3.05) is 5.32 Å². The molecule has 0 saturated carbocycles. The number of aryl methyl sites for hydroxylation is 1. The second-order valence-electron chi connectivity index (χ2n) is 3.91. The molecule has 2 N–H and O–H groups in total. The third-order valence-electron chi connectivity index (χ3n) is 2.69. The Bertz CT molecular complexity index is 732. The first-order valence-electron chi connectivity index (χ1n) is 5.83. The smallest absolute Gasteiger partial charge is 0.259 e. The summed E-state index contributed by atoms with van der Waals surface area (Å²) in [5.41, 5.74) is 1.25. The van der Waals surface area contributed by atoms with Crippen LogP contribution in [-0.2, 0) is 6.42 Å². The molecule has 3 heterocycles. The molecule has 7 heteroatoms. The van der Waals surface area contributed by atoms with Crippen LogP contribution in [0.1, 0.15) is 22.3 Å². The van der Waals surface area contributed by atoms with Gasteiger partial charge in [0.05, 0.1) is 5.56 Å². The minimum atomic E-state index is -0.210. The van der Waals surface area contributed by atoms with Gasteiger partial charge in [0, 0.05) is 17.8 Å². The second-order valence-corrected chi connectivity index (χ2v) is 4.97. The molecule has 0 spiro atoms. The molecule has 96 valence electrons. The lowest BCUT2D eigenvalue weighted by Gasteiger charge is -1.98. The molecule has 19 heavy (non-hydrogen) atoms. The van der Waals surface area contributed by atoms with Crippen LogP contribution in [0.5, 0.6) is 0 Å². The SMILES string of the molecule is CCc1nnc(NC(=O)c2c[nH]c3ncccc23)s1. The van der Waals surface area contributed by atoms with Crippen molar-refractivity contribution in [1.29, 1.82) is 0 Å². The zero-order valence-electron chi connectivity index (χ0n) is 10.2. The first-order chi connectivity index (χ1) is 9.28. The van der Waals surface area contributed by atoms with E-state index in [1.54, 1.807) is 18.5 Å². The van der Waals surface area contributed by atoms with Gasteiger partial charge in [0.1, 0.15) is 10.7 Å². The highest BCUT2D eigenvalue weighted by atomic mass is 32.1. The molecule has 0 aliphatic heterocycles. The van der Waals surface area contributed by atoms with Crippen molar-refractivity contribution in [1.82, 2.24) is 20.2 Å². The average molecular weight is 273 g/mol. The van der Waals surface area contributed by atoms with E-state index in [1.807, 2.05) is 13.0 Å². The van der Waals surface area contributed by atoms with Crippen LogP contribution in [0.15, 0.2) is 24.5 Å². The fourth-order valence-corrected chi connectivity index (χ4v) is 2.43. The van der Waals surface area contributed by atoms with E-state index in [0.29, 0.717) is 16.3 Å². The number of anilines is 1. The molecule has 0 fully saturated rings. The molecule has 3 aromatic rings. The maximum atomic E-state index is 12.2. The summed E-state index contributed by atoms with van der Waals surface area (Å²) < 4.78 is 0. The quantitative estimate of drug-likeness (QED) is 0.766. The van der Waals surface area contributed by atoms with Gasteiger partial charge in [0.15, 0.2) is 0 Å². The number of aromatic nitrogens is 4. The largest absolute Gasteiger partial charge is 0.345 e. The van der Waals surface area contributed by atoms with Crippen molar-refractivity contribution in [3.05, 3.63) is 35.1 Å². The van der Waals surface area contributed by atoms with Crippen LogP contribution in [0.3, 0.4) is 0 Å². The van der Waals surface area contributed by atoms with Crippen molar-refractivity contribution in [2.24, 2.45) is 0 Å². The van der Waals surface area contributed by atoms with Gasteiger partial charge in [-0.25, -0.2) is 4.98 Å². The Hall–Kier alpha value is -2.28. The summed E-state index contributed by atoms with van der Waals surface area (Å²) in [5.74, 6) is -0.210. The maximum absolute atomic E-state index is 12.2. The number of rotatable bonds is 3. The van der Waals surface area contributed by atoms with E-state index >= 15 is 0 Å². The van der Waals surface area contributed by atoms with Gasteiger partial charge in [-0.3, -0.25) is 10.1 Å². The summed E-state index contributed by atoms with van der Waals surface area (Å²) in [6.45, 7) is 2.00. The highest BCUT2D eigenvalue weighted by molar-refractivity contribution is 7.15. The van der Waals surface area contributed by atoms with Gasteiger partial charge in [-0.15, -0.1) is 10.2 Å². The number of hydrogen-bond acceptors (Lipinski definition) is 5. The molecule has 0 radical (unpaired) electrons. The third-order valence-corrected chi connectivity index (χ3v) is 3.67. The molecule has 0 bridgehead atoms. The Kier molecular flexibility index (Phi) is 2.96. The molecule has 0 aliphatic rings. The molecule has 3 rings (SSSR count). The number of fused-ring (bicyclic) bond motifs is 1. The van der Waals surface area contributed by atoms with Gasteiger partial charge in [-0.1, -0.05) is 18.3 Å². The topological polar surface area (TPSA) is 83.6 Å². The van der Waals surface area contributed by atoms with Gasteiger partial charge in [0.2, 0.25) is 5.13 Å². The van der Waals surface area contributed by atoms with Crippen molar-refractivity contribution in [3.8, 4) is 0 Å². The minimum absolute atomic E-state index is 0.210. The zero-order valence-corrected chi connectivity index (χ0v) is 11.0. The number of carbonyl (C=O) groups excluding carboxylic acids is 1. The van der Waals surface area contributed by atoms with Crippen molar-refractivity contribution >= 4 is 33.4 Å².